The number of methoxy groups -OCH3 is 2. The standard InChI is InChI=1S/C33H47N3O7/c1-6-7-15-35(16-11-10-14-34(2)3)30(37)21-36-20-25(24-18-28(41-5)32-29(19-24)42-22-43-32)31(33(38)39)26(36)17-23-12-8-9-13-27(23)40-4/h8-9,12-13,18-19,25-26,31H,6-7,10-11,14-17,20-22H2,1-5H3,(H,38,39). The van der Waals surface area contributed by atoms with Crippen LogP contribution < -0.4 is 18.9 Å². The molecule has 2 aromatic rings. The normalized spacial score (nSPS) is 19.5. The maximum absolute atomic E-state index is 13.9. The number of nitrogens with zero attached hydrogens (tertiary/aromatic N) is 3. The van der Waals surface area contributed by atoms with Gasteiger partial charge in [0.15, 0.2) is 11.5 Å². The van der Waals surface area contributed by atoms with Gasteiger partial charge in [-0.2, -0.15) is 0 Å². The third-order valence-corrected chi connectivity index (χ3v) is 8.52. The van der Waals surface area contributed by atoms with Gasteiger partial charge in [0.2, 0.25) is 18.4 Å². The molecule has 10 nitrogen and oxygen atoms in total. The lowest BCUT2D eigenvalue weighted by Crippen LogP contribution is -2.45. The van der Waals surface area contributed by atoms with Crippen molar-refractivity contribution >= 4 is 11.9 Å². The van der Waals surface area contributed by atoms with Gasteiger partial charge < -0.3 is 33.9 Å². The molecule has 2 aliphatic heterocycles. The van der Waals surface area contributed by atoms with E-state index < -0.39 is 23.8 Å². The highest BCUT2D eigenvalue weighted by Crippen LogP contribution is 2.47. The van der Waals surface area contributed by atoms with E-state index in [2.05, 4.69) is 30.8 Å². The number of unbranched alkanes of at least 4 members (excludes halogenated alkanes) is 2. The minimum atomic E-state index is -0.900. The lowest BCUT2D eigenvalue weighted by atomic mass is 9.83. The highest BCUT2D eigenvalue weighted by molar-refractivity contribution is 5.79. The van der Waals surface area contributed by atoms with Crippen LogP contribution in [0, 0.1) is 5.92 Å². The van der Waals surface area contributed by atoms with E-state index in [1.54, 1.807) is 14.2 Å². The van der Waals surface area contributed by atoms with Crippen molar-refractivity contribution < 1.29 is 33.6 Å². The second-order valence-corrected chi connectivity index (χ2v) is 11.7. The molecule has 1 saturated heterocycles. The number of rotatable bonds is 16. The summed E-state index contributed by atoms with van der Waals surface area (Å²) in [4.78, 5) is 33.1. The topological polar surface area (TPSA) is 101 Å². The Balaban J connectivity index is 1.65. The number of aliphatic carboxylic acids is 1. The van der Waals surface area contributed by atoms with E-state index >= 15 is 0 Å². The van der Waals surface area contributed by atoms with Gasteiger partial charge in [-0.15, -0.1) is 0 Å². The van der Waals surface area contributed by atoms with E-state index in [9.17, 15) is 14.7 Å². The molecule has 1 fully saturated rings. The van der Waals surface area contributed by atoms with Crippen LogP contribution in [0.5, 0.6) is 23.0 Å². The molecule has 43 heavy (non-hydrogen) atoms. The first-order chi connectivity index (χ1) is 20.8. The molecule has 1 N–H and O–H groups in total. The van der Waals surface area contributed by atoms with E-state index in [4.69, 9.17) is 18.9 Å². The number of carbonyl (C=O) groups is 2. The second kappa shape index (κ2) is 15.3. The molecular formula is C33H47N3O7. The van der Waals surface area contributed by atoms with Gasteiger partial charge in [-0.1, -0.05) is 31.5 Å². The Morgan fingerprint density at radius 1 is 1.00 bits per heavy atom. The van der Waals surface area contributed by atoms with Gasteiger partial charge in [-0.25, -0.2) is 0 Å². The van der Waals surface area contributed by atoms with Crippen molar-refractivity contribution in [3.63, 3.8) is 0 Å². The number of fused-ring (bicyclic) bond motifs is 1. The van der Waals surface area contributed by atoms with E-state index in [0.29, 0.717) is 49.1 Å². The van der Waals surface area contributed by atoms with Crippen molar-refractivity contribution in [2.75, 3.05) is 67.8 Å². The minimum Gasteiger partial charge on any atom is -0.496 e. The Kier molecular flexibility index (Phi) is 11.5. The largest absolute Gasteiger partial charge is 0.496 e. The first-order valence-electron chi connectivity index (χ1n) is 15.3. The zero-order valence-electron chi connectivity index (χ0n) is 26.2. The lowest BCUT2D eigenvalue weighted by molar-refractivity contribution is -0.143. The molecule has 2 heterocycles. The summed E-state index contributed by atoms with van der Waals surface area (Å²) in [5, 5.41) is 10.7. The summed E-state index contributed by atoms with van der Waals surface area (Å²) < 4.78 is 22.5. The number of ether oxygens (including phenoxy) is 4. The molecule has 0 radical (unpaired) electrons. The van der Waals surface area contributed by atoms with Gasteiger partial charge in [-0.05, 0) is 75.6 Å². The Morgan fingerprint density at radius 3 is 2.42 bits per heavy atom. The summed E-state index contributed by atoms with van der Waals surface area (Å²) in [6.07, 6.45) is 4.30. The molecule has 0 bridgehead atoms. The summed E-state index contributed by atoms with van der Waals surface area (Å²) in [5.41, 5.74) is 1.70. The van der Waals surface area contributed by atoms with Crippen LogP contribution in [0.25, 0.3) is 0 Å². The zero-order valence-corrected chi connectivity index (χ0v) is 26.2. The number of likely N-dealkylation sites (tertiary alicyclic amines) is 1. The zero-order chi connectivity index (χ0) is 30.9. The maximum atomic E-state index is 13.9. The number of benzene rings is 2. The summed E-state index contributed by atoms with van der Waals surface area (Å²) in [5.74, 6) is 0.251. The molecule has 0 spiro atoms. The summed E-state index contributed by atoms with van der Waals surface area (Å²) in [6.45, 7) is 5.15. The van der Waals surface area contributed by atoms with Crippen molar-refractivity contribution in [2.45, 2.75) is 51.0 Å². The molecule has 236 valence electrons. The van der Waals surface area contributed by atoms with Crippen LogP contribution in [-0.2, 0) is 16.0 Å². The van der Waals surface area contributed by atoms with Gasteiger partial charge >= 0.3 is 5.97 Å². The fourth-order valence-corrected chi connectivity index (χ4v) is 6.26. The van der Waals surface area contributed by atoms with Crippen molar-refractivity contribution in [3.8, 4) is 23.0 Å². The Labute approximate surface area is 255 Å². The highest BCUT2D eigenvalue weighted by atomic mass is 16.7. The number of hydrogen-bond donors (Lipinski definition) is 1. The maximum Gasteiger partial charge on any atom is 0.308 e. The molecule has 2 aliphatic rings. The molecule has 3 atom stereocenters. The third-order valence-electron chi connectivity index (χ3n) is 8.52. The van der Waals surface area contributed by atoms with Gasteiger partial charge in [0, 0.05) is 31.6 Å². The number of carboxylic acid groups (broad SMARTS) is 1. The summed E-state index contributed by atoms with van der Waals surface area (Å²) in [6, 6.07) is 11.0. The van der Waals surface area contributed by atoms with Gasteiger partial charge in [0.25, 0.3) is 0 Å². The van der Waals surface area contributed by atoms with E-state index in [0.717, 1.165) is 43.4 Å². The van der Waals surface area contributed by atoms with Gasteiger partial charge in [-0.3, -0.25) is 14.5 Å². The van der Waals surface area contributed by atoms with Crippen LogP contribution >= 0.6 is 0 Å². The second-order valence-electron chi connectivity index (χ2n) is 11.7. The Hall–Kier alpha value is -3.50. The SMILES string of the molecule is CCCCN(CCCCN(C)C)C(=O)CN1CC(c2cc(OC)c3c(c2)OCO3)C(C(=O)O)C1Cc1ccccc1OC. The van der Waals surface area contributed by atoms with E-state index in [1.807, 2.05) is 41.3 Å². The Morgan fingerprint density at radius 2 is 1.72 bits per heavy atom. The molecule has 3 unspecified atom stereocenters. The lowest BCUT2D eigenvalue weighted by Gasteiger charge is -2.30. The van der Waals surface area contributed by atoms with Crippen molar-refractivity contribution in [3.05, 3.63) is 47.5 Å². The Bertz CT molecular complexity index is 1240. The first-order valence-corrected chi connectivity index (χ1v) is 15.3. The first kappa shape index (κ1) is 32.4. The van der Waals surface area contributed by atoms with Gasteiger partial charge in [0.05, 0.1) is 26.7 Å². The highest BCUT2D eigenvalue weighted by Gasteiger charge is 2.48. The van der Waals surface area contributed by atoms with Crippen molar-refractivity contribution in [1.29, 1.82) is 0 Å². The van der Waals surface area contributed by atoms with Gasteiger partial charge in [0.1, 0.15) is 5.75 Å². The smallest absolute Gasteiger partial charge is 0.308 e. The summed E-state index contributed by atoms with van der Waals surface area (Å²) >= 11 is 0. The number of carboxylic acids is 1. The van der Waals surface area contributed by atoms with Crippen LogP contribution in [0.1, 0.15) is 49.7 Å². The fraction of sp³-hybridized carbons (Fsp3) is 0.576. The monoisotopic (exact) mass is 597 g/mol. The van der Waals surface area contributed by atoms with Crippen LogP contribution in [-0.4, -0.2) is 106 Å². The molecule has 0 saturated carbocycles. The molecule has 1 amide bonds. The predicted octanol–water partition coefficient (Wildman–Crippen LogP) is 4.11. The number of para-hydroxylation sites is 1. The number of hydrogen-bond acceptors (Lipinski definition) is 8. The molecule has 0 aliphatic carbocycles. The van der Waals surface area contributed by atoms with Crippen molar-refractivity contribution in [1.82, 2.24) is 14.7 Å². The van der Waals surface area contributed by atoms with Crippen LogP contribution in [0.3, 0.4) is 0 Å². The number of amides is 1. The van der Waals surface area contributed by atoms with Crippen LogP contribution in [0.2, 0.25) is 0 Å². The third kappa shape index (κ3) is 7.92. The van der Waals surface area contributed by atoms with E-state index in [1.165, 1.54) is 0 Å². The average molecular weight is 598 g/mol. The molecule has 4 rings (SSSR count). The van der Waals surface area contributed by atoms with Crippen LogP contribution in [0.15, 0.2) is 36.4 Å². The number of carbonyl (C=O) groups excluding carboxylic acids is 1. The van der Waals surface area contributed by atoms with Crippen molar-refractivity contribution in [2.24, 2.45) is 5.92 Å². The predicted molar refractivity (Wildman–Crippen MR) is 164 cm³/mol. The molecular weight excluding hydrogens is 550 g/mol. The summed E-state index contributed by atoms with van der Waals surface area (Å²) in [7, 11) is 7.29. The average Bonchev–Trinajstić information content (AvgIpc) is 3.61. The quantitative estimate of drug-likeness (QED) is 0.287. The van der Waals surface area contributed by atoms with Crippen LogP contribution in [0.4, 0.5) is 0 Å². The molecule has 10 heteroatoms. The minimum absolute atomic E-state index is 0.0383. The van der Waals surface area contributed by atoms with E-state index in [-0.39, 0.29) is 19.2 Å². The molecule has 2 aromatic carbocycles. The molecule has 0 aromatic heterocycles. The fourth-order valence-electron chi connectivity index (χ4n) is 6.26.